The number of benzene rings is 1. The molecule has 1 amide bonds. The van der Waals surface area contributed by atoms with Crippen LogP contribution in [0.2, 0.25) is 0 Å². The summed E-state index contributed by atoms with van der Waals surface area (Å²) in [6, 6.07) is 6.00. The molecule has 1 unspecified atom stereocenters. The molecular formula is C15H18ClNO2. The number of fused-ring (bicyclic) bond motifs is 1. The van der Waals surface area contributed by atoms with E-state index in [2.05, 4.69) is 5.32 Å². The summed E-state index contributed by atoms with van der Waals surface area (Å²) in [4.78, 5) is 11.3. The molecule has 0 bridgehead atoms. The molecule has 1 aromatic carbocycles. The second kappa shape index (κ2) is 4.80. The number of anilines is 1. The van der Waals surface area contributed by atoms with E-state index in [4.69, 9.17) is 16.3 Å². The van der Waals surface area contributed by atoms with Gasteiger partial charge in [0.2, 0.25) is 5.91 Å². The summed E-state index contributed by atoms with van der Waals surface area (Å²) in [5, 5.41) is 2.78. The molecule has 1 aliphatic carbocycles. The zero-order valence-electron chi connectivity index (χ0n) is 11.0. The molecule has 0 saturated heterocycles. The second-order valence-corrected chi connectivity index (χ2v) is 6.08. The lowest BCUT2D eigenvalue weighted by Crippen LogP contribution is -2.39. The summed E-state index contributed by atoms with van der Waals surface area (Å²) in [7, 11) is 1.77. The highest BCUT2D eigenvalue weighted by Crippen LogP contribution is 2.44. The summed E-state index contributed by atoms with van der Waals surface area (Å²) < 4.78 is 5.62. The molecule has 3 rings (SSSR count). The van der Waals surface area contributed by atoms with E-state index < -0.39 is 0 Å². The third-order valence-electron chi connectivity index (χ3n) is 4.37. The third-order valence-corrected chi connectivity index (χ3v) is 4.77. The van der Waals surface area contributed by atoms with Crippen LogP contribution in [-0.4, -0.2) is 18.6 Å². The summed E-state index contributed by atoms with van der Waals surface area (Å²) in [5.41, 5.74) is 3.02. The number of ether oxygens (including phenoxy) is 1. The fourth-order valence-corrected chi connectivity index (χ4v) is 3.37. The number of halogens is 1. The number of methoxy groups -OCH3 is 1. The molecule has 0 aromatic heterocycles. The Morgan fingerprint density at radius 1 is 1.47 bits per heavy atom. The van der Waals surface area contributed by atoms with Crippen molar-refractivity contribution in [3.63, 3.8) is 0 Å². The predicted octanol–water partition coefficient (Wildman–Crippen LogP) is 3.42. The monoisotopic (exact) mass is 279 g/mol. The molecule has 1 heterocycles. The molecule has 1 saturated carbocycles. The van der Waals surface area contributed by atoms with Crippen LogP contribution in [0.1, 0.15) is 42.2 Å². The zero-order chi connectivity index (χ0) is 13.5. The standard InChI is InChI=1S/C15H18ClNO2/c1-19-15(5-2-6-15)9-12(16)10-3-4-13-11(7-10)8-14(18)17-13/h3-4,7,12H,2,5-6,8-9H2,1H3,(H,17,18). The van der Waals surface area contributed by atoms with Gasteiger partial charge in [-0.2, -0.15) is 0 Å². The molecule has 1 N–H and O–H groups in total. The molecule has 0 spiro atoms. The normalized spacial score (nSPS) is 21.5. The van der Waals surface area contributed by atoms with Crippen molar-refractivity contribution in [2.24, 2.45) is 0 Å². The van der Waals surface area contributed by atoms with E-state index in [0.717, 1.165) is 36.1 Å². The van der Waals surface area contributed by atoms with Crippen molar-refractivity contribution in [3.05, 3.63) is 29.3 Å². The van der Waals surface area contributed by atoms with Crippen molar-refractivity contribution in [3.8, 4) is 0 Å². The average molecular weight is 280 g/mol. The summed E-state index contributed by atoms with van der Waals surface area (Å²) in [6.45, 7) is 0. The topological polar surface area (TPSA) is 38.3 Å². The number of amides is 1. The molecule has 3 nitrogen and oxygen atoms in total. The van der Waals surface area contributed by atoms with Gasteiger partial charge in [0, 0.05) is 12.8 Å². The lowest BCUT2D eigenvalue weighted by atomic mass is 9.76. The van der Waals surface area contributed by atoms with Crippen molar-refractivity contribution >= 4 is 23.2 Å². The molecular weight excluding hydrogens is 262 g/mol. The van der Waals surface area contributed by atoms with Crippen LogP contribution in [0.4, 0.5) is 5.69 Å². The molecule has 1 aliphatic heterocycles. The number of carbonyl (C=O) groups excluding carboxylic acids is 1. The van der Waals surface area contributed by atoms with Crippen LogP contribution in [0, 0.1) is 0 Å². The first-order chi connectivity index (χ1) is 9.12. The average Bonchev–Trinajstić information content (AvgIpc) is 2.72. The molecule has 0 radical (unpaired) electrons. The highest BCUT2D eigenvalue weighted by atomic mass is 35.5. The van der Waals surface area contributed by atoms with Gasteiger partial charge < -0.3 is 10.1 Å². The highest BCUT2D eigenvalue weighted by molar-refractivity contribution is 6.21. The minimum absolute atomic E-state index is 0.0283. The van der Waals surface area contributed by atoms with Crippen LogP contribution in [-0.2, 0) is 16.0 Å². The van der Waals surface area contributed by atoms with Gasteiger partial charge in [-0.1, -0.05) is 12.1 Å². The second-order valence-electron chi connectivity index (χ2n) is 5.55. The molecule has 1 atom stereocenters. The molecule has 1 aromatic rings. The fourth-order valence-electron chi connectivity index (χ4n) is 2.95. The van der Waals surface area contributed by atoms with E-state index in [-0.39, 0.29) is 16.9 Å². The highest BCUT2D eigenvalue weighted by Gasteiger charge is 2.39. The predicted molar refractivity (Wildman–Crippen MR) is 75.6 cm³/mol. The van der Waals surface area contributed by atoms with Crippen LogP contribution in [0.25, 0.3) is 0 Å². The van der Waals surface area contributed by atoms with Crippen molar-refractivity contribution in [2.45, 2.75) is 43.1 Å². The van der Waals surface area contributed by atoms with Crippen LogP contribution >= 0.6 is 11.6 Å². The van der Waals surface area contributed by atoms with Gasteiger partial charge in [-0.25, -0.2) is 0 Å². The number of rotatable bonds is 4. The largest absolute Gasteiger partial charge is 0.378 e. The number of nitrogens with one attached hydrogen (secondary N) is 1. The lowest BCUT2D eigenvalue weighted by molar-refractivity contribution is -0.115. The minimum atomic E-state index is -0.0544. The Balaban J connectivity index is 1.75. The molecule has 102 valence electrons. The molecule has 19 heavy (non-hydrogen) atoms. The Kier molecular flexibility index (Phi) is 3.27. The van der Waals surface area contributed by atoms with E-state index in [1.54, 1.807) is 7.11 Å². The first-order valence-corrected chi connectivity index (χ1v) is 7.17. The van der Waals surface area contributed by atoms with E-state index in [0.29, 0.717) is 6.42 Å². The van der Waals surface area contributed by atoms with E-state index in [1.165, 1.54) is 6.42 Å². The third kappa shape index (κ3) is 2.37. The summed E-state index contributed by atoms with van der Waals surface area (Å²) in [5.74, 6) is 0.0608. The maximum Gasteiger partial charge on any atom is 0.228 e. The quantitative estimate of drug-likeness (QED) is 0.858. The fraction of sp³-hybridized carbons (Fsp3) is 0.533. The van der Waals surface area contributed by atoms with Crippen molar-refractivity contribution in [1.82, 2.24) is 0 Å². The van der Waals surface area contributed by atoms with E-state index in [9.17, 15) is 4.79 Å². The Labute approximate surface area is 118 Å². The van der Waals surface area contributed by atoms with Crippen LogP contribution in [0.5, 0.6) is 0 Å². The number of hydrogen-bond donors (Lipinski definition) is 1. The molecule has 1 fully saturated rings. The molecule has 2 aliphatic rings. The Morgan fingerprint density at radius 3 is 2.89 bits per heavy atom. The molecule has 4 heteroatoms. The summed E-state index contributed by atoms with van der Waals surface area (Å²) in [6.07, 6.45) is 4.71. The zero-order valence-corrected chi connectivity index (χ0v) is 11.8. The lowest BCUT2D eigenvalue weighted by Gasteiger charge is -2.41. The van der Waals surface area contributed by atoms with Crippen LogP contribution in [0.3, 0.4) is 0 Å². The van der Waals surface area contributed by atoms with Crippen molar-refractivity contribution < 1.29 is 9.53 Å². The Bertz CT molecular complexity index is 505. The van der Waals surface area contributed by atoms with Gasteiger partial charge >= 0.3 is 0 Å². The minimum Gasteiger partial charge on any atom is -0.378 e. The first kappa shape index (κ1) is 12.9. The smallest absolute Gasteiger partial charge is 0.228 e. The van der Waals surface area contributed by atoms with Crippen molar-refractivity contribution in [2.75, 3.05) is 12.4 Å². The SMILES string of the molecule is COC1(CC(Cl)c2ccc3c(c2)CC(=O)N3)CCC1. The van der Waals surface area contributed by atoms with Gasteiger partial charge in [0.05, 0.1) is 17.4 Å². The number of carbonyl (C=O) groups is 1. The maximum absolute atomic E-state index is 11.3. The maximum atomic E-state index is 11.3. The number of alkyl halides is 1. The van der Waals surface area contributed by atoms with Gasteiger partial charge in [0.1, 0.15) is 0 Å². The first-order valence-electron chi connectivity index (χ1n) is 6.74. The Hall–Kier alpha value is -1.06. The van der Waals surface area contributed by atoms with Gasteiger partial charge in [-0.15, -0.1) is 11.6 Å². The van der Waals surface area contributed by atoms with Crippen LogP contribution < -0.4 is 5.32 Å². The van der Waals surface area contributed by atoms with Crippen molar-refractivity contribution in [1.29, 1.82) is 0 Å². The van der Waals surface area contributed by atoms with Gasteiger partial charge in [-0.3, -0.25) is 4.79 Å². The summed E-state index contributed by atoms with van der Waals surface area (Å²) >= 11 is 6.53. The van der Waals surface area contributed by atoms with Gasteiger partial charge in [0.15, 0.2) is 0 Å². The number of hydrogen-bond acceptors (Lipinski definition) is 2. The van der Waals surface area contributed by atoms with E-state index in [1.807, 2.05) is 18.2 Å². The van der Waals surface area contributed by atoms with Gasteiger partial charge in [-0.05, 0) is 42.9 Å². The van der Waals surface area contributed by atoms with Gasteiger partial charge in [0.25, 0.3) is 0 Å². The van der Waals surface area contributed by atoms with Crippen LogP contribution in [0.15, 0.2) is 18.2 Å². The van der Waals surface area contributed by atoms with E-state index >= 15 is 0 Å². The Morgan fingerprint density at radius 2 is 2.26 bits per heavy atom.